The lowest BCUT2D eigenvalue weighted by Gasteiger charge is -2.11. The van der Waals surface area contributed by atoms with Crippen molar-refractivity contribution in [3.63, 3.8) is 0 Å². The predicted molar refractivity (Wildman–Crippen MR) is 49.7 cm³/mol. The van der Waals surface area contributed by atoms with Gasteiger partial charge in [-0.1, -0.05) is 0 Å². The van der Waals surface area contributed by atoms with Gasteiger partial charge in [-0.05, 0) is 20.8 Å². The van der Waals surface area contributed by atoms with Crippen molar-refractivity contribution in [3.8, 4) is 6.07 Å². The van der Waals surface area contributed by atoms with E-state index in [1.165, 1.54) is 0 Å². The third-order valence-electron chi connectivity index (χ3n) is 1.98. The maximum atomic E-state index is 11.8. The van der Waals surface area contributed by atoms with Gasteiger partial charge >= 0.3 is 7.60 Å². The molecule has 0 radical (unpaired) electrons. The quantitative estimate of drug-likeness (QED) is 0.678. The van der Waals surface area contributed by atoms with Gasteiger partial charge in [0.15, 0.2) is 6.35 Å². The number of rotatable bonds is 3. The van der Waals surface area contributed by atoms with Crippen LogP contribution >= 0.6 is 7.60 Å². The summed E-state index contributed by atoms with van der Waals surface area (Å²) in [7, 11) is -3.12. The first-order valence-electron chi connectivity index (χ1n) is 4.44. The Morgan fingerprint density at radius 1 is 1.50 bits per heavy atom. The summed E-state index contributed by atoms with van der Waals surface area (Å²) in [4.78, 5) is 0. The van der Waals surface area contributed by atoms with E-state index in [0.29, 0.717) is 0 Å². The van der Waals surface area contributed by atoms with Crippen LogP contribution in [0.1, 0.15) is 20.8 Å². The lowest BCUT2D eigenvalue weighted by molar-refractivity contribution is 0.123. The molecule has 5 nitrogen and oxygen atoms in total. The highest BCUT2D eigenvalue weighted by molar-refractivity contribution is 7.53. The van der Waals surface area contributed by atoms with Gasteiger partial charge in [-0.15, -0.1) is 0 Å². The number of hydrogen-bond donors (Lipinski definition) is 0. The summed E-state index contributed by atoms with van der Waals surface area (Å²) in [5.41, 5.74) is 0. The Hall–Kier alpha value is -0.400. The minimum Gasteiger partial charge on any atom is -0.351 e. The van der Waals surface area contributed by atoms with Crippen LogP contribution in [0.2, 0.25) is 0 Å². The Morgan fingerprint density at radius 3 is 2.43 bits per heavy atom. The Labute approximate surface area is 83.5 Å². The Balaban J connectivity index is 2.46. The number of nitriles is 1. The molecule has 3 atom stereocenters. The second-order valence-electron chi connectivity index (χ2n) is 3.30. The summed E-state index contributed by atoms with van der Waals surface area (Å²) in [6.07, 6.45) is -1.14. The summed E-state index contributed by atoms with van der Waals surface area (Å²) in [6, 6.07) is 1.87. The fourth-order valence-corrected chi connectivity index (χ4v) is 2.94. The average Bonchev–Trinajstić information content (AvgIpc) is 2.38. The fourth-order valence-electron chi connectivity index (χ4n) is 1.00. The third kappa shape index (κ3) is 2.79. The zero-order chi connectivity index (χ0) is 10.8. The van der Waals surface area contributed by atoms with E-state index in [4.69, 9.17) is 19.0 Å². The molecule has 0 aromatic rings. The molecule has 1 fully saturated rings. The molecule has 1 aliphatic rings. The molecule has 0 spiro atoms. The van der Waals surface area contributed by atoms with Crippen LogP contribution in [0.3, 0.4) is 0 Å². The monoisotopic (exact) mass is 219 g/mol. The van der Waals surface area contributed by atoms with Crippen LogP contribution in [0.5, 0.6) is 0 Å². The highest BCUT2D eigenvalue weighted by atomic mass is 31.2. The molecule has 0 saturated carbocycles. The fraction of sp³-hybridized carbons (Fsp3) is 0.875. The van der Waals surface area contributed by atoms with Crippen LogP contribution in [-0.2, 0) is 18.3 Å². The first kappa shape index (κ1) is 11.7. The minimum atomic E-state index is -3.12. The van der Waals surface area contributed by atoms with E-state index < -0.39 is 13.7 Å². The van der Waals surface area contributed by atoms with Crippen molar-refractivity contribution in [2.24, 2.45) is 0 Å². The van der Waals surface area contributed by atoms with E-state index in [2.05, 4.69) is 0 Å². The second kappa shape index (κ2) is 4.41. The van der Waals surface area contributed by atoms with Gasteiger partial charge in [0.25, 0.3) is 0 Å². The summed E-state index contributed by atoms with van der Waals surface area (Å²) >= 11 is 0. The van der Waals surface area contributed by atoms with Gasteiger partial charge in [0, 0.05) is 0 Å². The van der Waals surface area contributed by atoms with E-state index in [-0.39, 0.29) is 18.6 Å². The van der Waals surface area contributed by atoms with Crippen molar-refractivity contribution in [2.75, 3.05) is 6.35 Å². The Kier molecular flexibility index (Phi) is 3.68. The topological polar surface area (TPSA) is 68.5 Å². The molecular weight excluding hydrogens is 205 g/mol. The van der Waals surface area contributed by atoms with Crippen molar-refractivity contribution in [1.82, 2.24) is 0 Å². The molecular formula is C8H14NO4P. The minimum absolute atomic E-state index is 0.156. The van der Waals surface area contributed by atoms with Crippen LogP contribution in [0.15, 0.2) is 0 Å². The lowest BCUT2D eigenvalue weighted by atomic mass is 10.3. The average molecular weight is 219 g/mol. The molecule has 0 N–H and O–H groups in total. The van der Waals surface area contributed by atoms with Gasteiger partial charge in [-0.2, -0.15) is 5.26 Å². The smallest absolute Gasteiger partial charge is 0.351 e. The van der Waals surface area contributed by atoms with Crippen LogP contribution < -0.4 is 0 Å². The SMILES string of the molecule is CC(C#N)OCP1(=O)OC(C)C(C)O1. The summed E-state index contributed by atoms with van der Waals surface area (Å²) in [6.45, 7) is 5.16. The molecule has 3 unspecified atom stereocenters. The maximum absolute atomic E-state index is 11.8. The molecule has 1 rings (SSSR count). The van der Waals surface area contributed by atoms with Crippen LogP contribution in [0.25, 0.3) is 0 Å². The summed E-state index contributed by atoms with van der Waals surface area (Å²) in [5, 5.41) is 8.45. The Morgan fingerprint density at radius 2 is 2.00 bits per heavy atom. The second-order valence-corrected chi connectivity index (χ2v) is 5.20. The first-order chi connectivity index (χ1) is 6.47. The van der Waals surface area contributed by atoms with Gasteiger partial charge in [-0.3, -0.25) is 4.57 Å². The van der Waals surface area contributed by atoms with Gasteiger partial charge < -0.3 is 13.8 Å². The summed E-state index contributed by atoms with van der Waals surface area (Å²) in [5.74, 6) is 0. The highest BCUT2D eigenvalue weighted by Gasteiger charge is 2.40. The lowest BCUT2D eigenvalue weighted by Crippen LogP contribution is -2.13. The van der Waals surface area contributed by atoms with Crippen LogP contribution in [0.4, 0.5) is 0 Å². The van der Waals surface area contributed by atoms with E-state index >= 15 is 0 Å². The zero-order valence-corrected chi connectivity index (χ0v) is 9.36. The highest BCUT2D eigenvalue weighted by Crippen LogP contribution is 2.56. The molecule has 0 amide bonds. The Bertz CT molecular complexity index is 274. The molecule has 80 valence electrons. The molecule has 1 aliphatic heterocycles. The standard InChI is InChI=1S/C8H14NO4P/c1-6(4-9)11-5-14(10)12-7(2)8(3)13-14/h6-8H,5H2,1-3H3. The molecule has 1 saturated heterocycles. The third-order valence-corrected chi connectivity index (χ3v) is 3.75. The first-order valence-corrected chi connectivity index (χ1v) is 6.17. The molecule has 0 aliphatic carbocycles. The normalized spacial score (nSPS) is 39.3. The van der Waals surface area contributed by atoms with Crippen molar-refractivity contribution in [2.45, 2.75) is 39.1 Å². The van der Waals surface area contributed by atoms with Gasteiger partial charge in [0.2, 0.25) is 0 Å². The largest absolute Gasteiger partial charge is 0.356 e. The molecule has 1 heterocycles. The van der Waals surface area contributed by atoms with Gasteiger partial charge in [-0.25, -0.2) is 0 Å². The van der Waals surface area contributed by atoms with Gasteiger partial charge in [0.1, 0.15) is 6.10 Å². The van der Waals surface area contributed by atoms with Crippen molar-refractivity contribution < 1.29 is 18.3 Å². The van der Waals surface area contributed by atoms with Crippen molar-refractivity contribution >= 4 is 7.60 Å². The molecule has 6 heteroatoms. The van der Waals surface area contributed by atoms with E-state index in [9.17, 15) is 4.57 Å². The maximum Gasteiger partial charge on any atom is 0.356 e. The van der Waals surface area contributed by atoms with E-state index in [1.54, 1.807) is 20.8 Å². The number of nitrogens with zero attached hydrogens (tertiary/aromatic N) is 1. The summed E-state index contributed by atoms with van der Waals surface area (Å²) < 4.78 is 27.1. The number of ether oxygens (including phenoxy) is 1. The van der Waals surface area contributed by atoms with E-state index in [1.807, 2.05) is 6.07 Å². The van der Waals surface area contributed by atoms with Gasteiger partial charge in [0.05, 0.1) is 18.3 Å². The number of hydrogen-bond acceptors (Lipinski definition) is 5. The predicted octanol–water partition coefficient (Wildman–Crippen LogP) is 1.89. The van der Waals surface area contributed by atoms with Crippen molar-refractivity contribution in [1.29, 1.82) is 5.26 Å². The van der Waals surface area contributed by atoms with E-state index in [0.717, 1.165) is 0 Å². The molecule has 0 aromatic carbocycles. The van der Waals surface area contributed by atoms with Crippen LogP contribution in [-0.4, -0.2) is 24.7 Å². The molecule has 14 heavy (non-hydrogen) atoms. The molecule has 0 bridgehead atoms. The zero-order valence-electron chi connectivity index (χ0n) is 8.47. The molecule has 0 aromatic heterocycles. The van der Waals surface area contributed by atoms with Crippen LogP contribution in [0, 0.1) is 11.3 Å². The van der Waals surface area contributed by atoms with Crippen molar-refractivity contribution in [3.05, 3.63) is 0 Å².